The van der Waals surface area contributed by atoms with Crippen LogP contribution in [0, 0.1) is 0 Å². The van der Waals surface area contributed by atoms with Gasteiger partial charge in [-0.05, 0) is 45.5 Å². The highest BCUT2D eigenvalue weighted by Gasteiger charge is 2.29. The maximum atomic E-state index is 9.77. The molecule has 9 nitrogen and oxygen atoms in total. The molecule has 2 aromatic carbocycles. The van der Waals surface area contributed by atoms with Gasteiger partial charge < -0.3 is 30.5 Å². The second kappa shape index (κ2) is 17.8. The standard InChI is InChI=1S/C12H17NO.C10H15N.C4H6O6.ClH/c1-10-12(14-9-8-13(10)2)11-6-4-3-5-7-11;1-9(11-2)8-10-6-4-3-5-7-10;5-1(3(7)8)2(6)4(9)10;/h3-7,10,12H,8-9H2,1-2H3;3-7,9,11H,8H2,1-2H3;1-2,5-6H,(H,7,8)(H,9,10);1H/t10-,12+;9-;;/m00../s1. The number of carboxylic acids is 2. The molecule has 1 aliphatic rings. The first-order valence-corrected chi connectivity index (χ1v) is 11.5. The summed E-state index contributed by atoms with van der Waals surface area (Å²) in [7, 11) is 4.15. The van der Waals surface area contributed by atoms with Crippen molar-refractivity contribution in [3.05, 3.63) is 71.8 Å². The molecule has 0 saturated carbocycles. The lowest BCUT2D eigenvalue weighted by Crippen LogP contribution is -2.42. The molecular formula is C26H39ClN2O7. The fourth-order valence-electron chi connectivity index (χ4n) is 3.25. The van der Waals surface area contributed by atoms with Crippen molar-refractivity contribution < 1.29 is 34.8 Å². The van der Waals surface area contributed by atoms with Crippen molar-refractivity contribution in [2.75, 3.05) is 27.2 Å². The van der Waals surface area contributed by atoms with Gasteiger partial charge in [0, 0.05) is 18.6 Å². The minimum Gasteiger partial charge on any atom is -0.479 e. The molecule has 0 amide bonds. The first kappa shape index (κ1) is 33.5. The number of hydrogen-bond donors (Lipinski definition) is 5. The molecule has 5 N–H and O–H groups in total. The maximum absolute atomic E-state index is 9.77. The van der Waals surface area contributed by atoms with Crippen molar-refractivity contribution in [2.24, 2.45) is 0 Å². The number of benzene rings is 2. The van der Waals surface area contributed by atoms with E-state index in [1.807, 2.05) is 19.2 Å². The number of hydrogen-bond acceptors (Lipinski definition) is 7. The molecule has 0 radical (unpaired) electrons. The smallest absolute Gasteiger partial charge is 0.335 e. The van der Waals surface area contributed by atoms with Gasteiger partial charge in [-0.25, -0.2) is 9.59 Å². The van der Waals surface area contributed by atoms with Gasteiger partial charge in [-0.2, -0.15) is 0 Å². The number of ether oxygens (including phenoxy) is 1. The van der Waals surface area contributed by atoms with Crippen LogP contribution in [0.15, 0.2) is 60.7 Å². The molecule has 5 atom stereocenters. The molecule has 0 spiro atoms. The quantitative estimate of drug-likeness (QED) is 0.367. The van der Waals surface area contributed by atoms with E-state index in [9.17, 15) is 9.59 Å². The van der Waals surface area contributed by atoms with Crippen LogP contribution in [0.3, 0.4) is 0 Å². The third-order valence-electron chi connectivity index (χ3n) is 5.69. The molecule has 2 aromatic rings. The molecule has 0 aliphatic carbocycles. The van der Waals surface area contributed by atoms with Crippen molar-refractivity contribution in [1.29, 1.82) is 0 Å². The number of likely N-dealkylation sites (N-methyl/N-ethyl adjacent to an activating group) is 2. The third-order valence-corrected chi connectivity index (χ3v) is 5.69. The van der Waals surface area contributed by atoms with Crippen LogP contribution in [0.2, 0.25) is 0 Å². The van der Waals surface area contributed by atoms with Crippen molar-refractivity contribution in [3.63, 3.8) is 0 Å². The first-order chi connectivity index (χ1) is 16.6. The van der Waals surface area contributed by atoms with Crippen LogP contribution in [0.1, 0.15) is 31.1 Å². The minimum absolute atomic E-state index is 0. The predicted octanol–water partition coefficient (Wildman–Crippen LogP) is 2.21. The molecule has 36 heavy (non-hydrogen) atoms. The Labute approximate surface area is 219 Å². The van der Waals surface area contributed by atoms with Crippen molar-refractivity contribution in [1.82, 2.24) is 10.2 Å². The Bertz CT molecular complexity index is 855. The molecule has 202 valence electrons. The van der Waals surface area contributed by atoms with E-state index in [1.54, 1.807) is 0 Å². The fraction of sp³-hybridized carbons (Fsp3) is 0.462. The zero-order valence-electron chi connectivity index (χ0n) is 21.2. The van der Waals surface area contributed by atoms with Gasteiger partial charge in [0.1, 0.15) is 0 Å². The predicted molar refractivity (Wildman–Crippen MR) is 140 cm³/mol. The van der Waals surface area contributed by atoms with E-state index < -0.39 is 24.1 Å². The van der Waals surface area contributed by atoms with E-state index in [1.165, 1.54) is 11.1 Å². The van der Waals surface area contributed by atoms with Crippen LogP contribution in [-0.2, 0) is 20.7 Å². The summed E-state index contributed by atoms with van der Waals surface area (Å²) < 4.78 is 5.80. The molecule has 0 aromatic heterocycles. The Kier molecular flexibility index (Phi) is 16.6. The molecule has 10 heteroatoms. The molecule has 1 fully saturated rings. The van der Waals surface area contributed by atoms with Gasteiger partial charge in [-0.15, -0.1) is 12.4 Å². The normalized spacial score (nSPS) is 19.6. The van der Waals surface area contributed by atoms with Crippen LogP contribution >= 0.6 is 12.4 Å². The zero-order valence-corrected chi connectivity index (χ0v) is 22.0. The molecule has 0 bridgehead atoms. The zero-order chi connectivity index (χ0) is 26.4. The van der Waals surface area contributed by atoms with E-state index in [2.05, 4.69) is 79.6 Å². The van der Waals surface area contributed by atoms with Gasteiger partial charge in [0.25, 0.3) is 0 Å². The summed E-state index contributed by atoms with van der Waals surface area (Å²) in [5.74, 6) is -3.54. The molecule has 1 saturated heterocycles. The Hall–Kier alpha value is -2.53. The van der Waals surface area contributed by atoms with Crippen LogP contribution < -0.4 is 5.32 Å². The summed E-state index contributed by atoms with van der Waals surface area (Å²) in [5.41, 5.74) is 2.68. The number of halogens is 1. The lowest BCUT2D eigenvalue weighted by Gasteiger charge is -2.37. The number of nitrogens with zero attached hydrogens (tertiary/aromatic N) is 1. The topological polar surface area (TPSA) is 140 Å². The molecule has 2 unspecified atom stereocenters. The average molecular weight is 527 g/mol. The highest BCUT2D eigenvalue weighted by molar-refractivity contribution is 5.85. The minimum atomic E-state index is -2.27. The summed E-state index contributed by atoms with van der Waals surface area (Å²) in [5, 5.41) is 35.7. The second-order valence-electron chi connectivity index (χ2n) is 8.37. The lowest BCUT2D eigenvalue weighted by molar-refractivity contribution is -0.165. The third kappa shape index (κ3) is 11.9. The summed E-state index contributed by atoms with van der Waals surface area (Å²) in [6.45, 7) is 6.27. The first-order valence-electron chi connectivity index (χ1n) is 11.5. The number of carbonyl (C=O) groups is 2. The van der Waals surface area contributed by atoms with Crippen LogP contribution in [0.5, 0.6) is 0 Å². The monoisotopic (exact) mass is 526 g/mol. The van der Waals surface area contributed by atoms with Crippen LogP contribution in [0.4, 0.5) is 0 Å². The van der Waals surface area contributed by atoms with E-state index in [-0.39, 0.29) is 18.5 Å². The van der Waals surface area contributed by atoms with E-state index in [0.29, 0.717) is 12.1 Å². The number of carboxylic acid groups (broad SMARTS) is 2. The van der Waals surface area contributed by atoms with Crippen molar-refractivity contribution >= 4 is 24.3 Å². The Balaban J connectivity index is 0.000000514. The van der Waals surface area contributed by atoms with Gasteiger partial charge in [-0.3, -0.25) is 4.90 Å². The van der Waals surface area contributed by atoms with E-state index in [4.69, 9.17) is 25.2 Å². The van der Waals surface area contributed by atoms with E-state index >= 15 is 0 Å². The maximum Gasteiger partial charge on any atom is 0.335 e. The number of nitrogens with one attached hydrogen (secondary N) is 1. The Morgan fingerprint density at radius 1 is 1.00 bits per heavy atom. The summed E-state index contributed by atoms with van der Waals surface area (Å²) in [4.78, 5) is 21.9. The lowest BCUT2D eigenvalue weighted by atomic mass is 10.0. The summed E-state index contributed by atoms with van der Waals surface area (Å²) >= 11 is 0. The molecule has 1 aliphatic heterocycles. The number of aliphatic hydroxyl groups is 2. The number of rotatable bonds is 7. The Morgan fingerprint density at radius 3 is 1.92 bits per heavy atom. The van der Waals surface area contributed by atoms with Crippen molar-refractivity contribution in [3.8, 4) is 0 Å². The number of morpholine rings is 1. The van der Waals surface area contributed by atoms with Gasteiger partial charge in [0.05, 0.1) is 12.7 Å². The SMILES string of the molecule is CN[C@@H](C)Cc1ccccc1.C[C@H]1[C@H](c2ccccc2)OCCN1C.Cl.O=C(O)C(O)C(O)C(=O)O. The van der Waals surface area contributed by atoms with Crippen molar-refractivity contribution in [2.45, 2.75) is 50.7 Å². The van der Waals surface area contributed by atoms with Gasteiger partial charge >= 0.3 is 11.9 Å². The molecule has 3 rings (SSSR count). The highest BCUT2D eigenvalue weighted by Crippen LogP contribution is 2.26. The Morgan fingerprint density at radius 2 is 1.47 bits per heavy atom. The van der Waals surface area contributed by atoms with Crippen LogP contribution in [0.25, 0.3) is 0 Å². The largest absolute Gasteiger partial charge is 0.479 e. The summed E-state index contributed by atoms with van der Waals surface area (Å²) in [6, 6.07) is 22.0. The molecular weight excluding hydrogens is 488 g/mol. The van der Waals surface area contributed by atoms with Gasteiger partial charge in [0.2, 0.25) is 0 Å². The second-order valence-corrected chi connectivity index (χ2v) is 8.37. The highest BCUT2D eigenvalue weighted by atomic mass is 35.5. The van der Waals surface area contributed by atoms with E-state index in [0.717, 1.165) is 19.6 Å². The average Bonchev–Trinajstić information content (AvgIpc) is 2.86. The number of aliphatic hydroxyl groups excluding tert-OH is 2. The summed E-state index contributed by atoms with van der Waals surface area (Å²) in [6.07, 6.45) is -3.19. The van der Waals surface area contributed by atoms with Gasteiger partial charge in [0.15, 0.2) is 12.2 Å². The number of aliphatic carboxylic acids is 2. The van der Waals surface area contributed by atoms with Crippen LogP contribution in [-0.4, -0.2) is 88.8 Å². The van der Waals surface area contributed by atoms with Gasteiger partial charge in [-0.1, -0.05) is 60.7 Å². The fourth-order valence-corrected chi connectivity index (χ4v) is 3.25. The molecule has 1 heterocycles.